The molecule has 0 saturated carbocycles. The molecule has 3 aromatic carbocycles. The SMILES string of the molecule is COP(N)(=NP(=NPOCCOPN=P(N)(OC)Sc1ccccc1)(OC)Oc1ccc(O)cc1)Oc1ccc(O)cc1. The standard InChI is InChI=1S/C23H34N5O9P5S/c1-31-40(24,36-21-13-9-19(29)10-14-21)28-42(33-3,37-22-15-11-20(30)12-16-22)27-39-35-18-17-34-38-26-41(25,32-2)43-23-7-5-4-6-8-23/h4-16,29-30,38-39H,17-18,24-25H2,1-3H3. The van der Waals surface area contributed by atoms with E-state index >= 15 is 0 Å². The van der Waals surface area contributed by atoms with Crippen LogP contribution in [0.1, 0.15) is 0 Å². The fraction of sp³-hybridized carbons (Fsp3) is 0.217. The van der Waals surface area contributed by atoms with Crippen molar-refractivity contribution in [2.75, 3.05) is 34.5 Å². The predicted octanol–water partition coefficient (Wildman–Crippen LogP) is 8.09. The van der Waals surface area contributed by atoms with E-state index in [1.807, 2.05) is 30.3 Å². The Balaban J connectivity index is 1.69. The van der Waals surface area contributed by atoms with Gasteiger partial charge in [-0.05, 0) is 72.0 Å². The molecule has 5 unspecified atom stereocenters. The van der Waals surface area contributed by atoms with E-state index in [4.69, 9.17) is 42.7 Å². The highest BCUT2D eigenvalue weighted by atomic mass is 32.7. The Morgan fingerprint density at radius 2 is 1.23 bits per heavy atom. The Bertz CT molecular complexity index is 1450. The van der Waals surface area contributed by atoms with Gasteiger partial charge in [-0.15, -0.1) is 4.52 Å². The van der Waals surface area contributed by atoms with Crippen molar-refractivity contribution in [1.29, 1.82) is 0 Å². The molecule has 0 radical (unpaired) electrons. The first-order valence-corrected chi connectivity index (χ1v) is 20.2. The molecule has 236 valence electrons. The Kier molecular flexibility index (Phi) is 14.9. The molecular formula is C23H34N5O9P5S. The van der Waals surface area contributed by atoms with Gasteiger partial charge in [-0.2, -0.15) is 4.52 Å². The van der Waals surface area contributed by atoms with Crippen LogP contribution in [0.4, 0.5) is 0 Å². The van der Waals surface area contributed by atoms with Crippen LogP contribution in [0.25, 0.3) is 0 Å². The van der Waals surface area contributed by atoms with Gasteiger partial charge < -0.3 is 41.9 Å². The van der Waals surface area contributed by atoms with Crippen molar-refractivity contribution in [3.63, 3.8) is 0 Å². The minimum absolute atomic E-state index is 0.0478. The van der Waals surface area contributed by atoms with Crippen molar-refractivity contribution >= 4 is 51.3 Å². The van der Waals surface area contributed by atoms with Crippen molar-refractivity contribution < 1.29 is 41.9 Å². The van der Waals surface area contributed by atoms with E-state index in [1.165, 1.54) is 81.2 Å². The lowest BCUT2D eigenvalue weighted by Crippen LogP contribution is -2.06. The zero-order chi connectivity index (χ0) is 31.2. The number of nitrogens with two attached hydrogens (primary N) is 2. The minimum atomic E-state index is -3.53. The molecule has 0 saturated heterocycles. The summed E-state index contributed by atoms with van der Waals surface area (Å²) in [5.74, 6) is 0.715. The first kappa shape index (κ1) is 36.0. The van der Waals surface area contributed by atoms with Crippen molar-refractivity contribution in [2.45, 2.75) is 4.90 Å². The molecule has 3 rings (SSSR count). The fourth-order valence-electron chi connectivity index (χ4n) is 2.80. The van der Waals surface area contributed by atoms with Crippen LogP contribution in [0.2, 0.25) is 0 Å². The van der Waals surface area contributed by atoms with Gasteiger partial charge in [0.25, 0.3) is 0 Å². The van der Waals surface area contributed by atoms with Gasteiger partial charge in [0, 0.05) is 26.2 Å². The third kappa shape index (κ3) is 12.4. The second kappa shape index (κ2) is 17.8. The van der Waals surface area contributed by atoms with Crippen LogP contribution in [0.15, 0.2) is 97.3 Å². The number of hydrogen-bond donors (Lipinski definition) is 4. The third-order valence-electron chi connectivity index (χ3n) is 4.88. The van der Waals surface area contributed by atoms with Crippen LogP contribution in [-0.4, -0.2) is 44.8 Å². The summed E-state index contributed by atoms with van der Waals surface area (Å²) in [5, 5.41) is 19.2. The number of benzene rings is 3. The average Bonchev–Trinajstić information content (AvgIpc) is 3.01. The summed E-state index contributed by atoms with van der Waals surface area (Å²) in [7, 11) is -3.52. The summed E-state index contributed by atoms with van der Waals surface area (Å²) in [4.78, 5) is 0.954. The maximum Gasteiger partial charge on any atom is 0.399 e. The van der Waals surface area contributed by atoms with E-state index in [9.17, 15) is 10.2 Å². The van der Waals surface area contributed by atoms with E-state index in [-0.39, 0.29) is 33.7 Å². The number of rotatable bonds is 17. The molecular weight excluding hydrogens is 677 g/mol. The monoisotopic (exact) mass is 711 g/mol. The first-order valence-electron chi connectivity index (χ1n) is 12.2. The topological polar surface area (TPSA) is 194 Å². The molecule has 0 spiro atoms. The fourth-order valence-corrected chi connectivity index (χ4v) is 11.9. The zero-order valence-electron chi connectivity index (χ0n) is 23.4. The number of phenols is 2. The predicted molar refractivity (Wildman–Crippen MR) is 176 cm³/mol. The summed E-state index contributed by atoms with van der Waals surface area (Å²) in [5.41, 5.74) is 12.7. The Labute approximate surface area is 258 Å². The maximum atomic E-state index is 9.66. The van der Waals surface area contributed by atoms with Crippen LogP contribution in [0, 0.1) is 0 Å². The molecule has 20 heteroatoms. The van der Waals surface area contributed by atoms with Gasteiger partial charge >= 0.3 is 15.3 Å². The molecule has 0 aliphatic rings. The Hall–Kier alpha value is -1.52. The highest BCUT2D eigenvalue weighted by molar-refractivity contribution is 8.57. The third-order valence-corrected chi connectivity index (χ3v) is 16.0. The van der Waals surface area contributed by atoms with E-state index < -0.39 is 30.9 Å². The first-order chi connectivity index (χ1) is 20.6. The molecule has 0 fully saturated rings. The molecule has 3 aromatic rings. The van der Waals surface area contributed by atoms with Crippen molar-refractivity contribution in [3.05, 3.63) is 78.9 Å². The van der Waals surface area contributed by atoms with Crippen molar-refractivity contribution in [1.82, 2.24) is 0 Å². The largest absolute Gasteiger partial charge is 0.508 e. The summed E-state index contributed by atoms with van der Waals surface area (Å²) in [6, 6.07) is 21.5. The second-order valence-corrected chi connectivity index (χ2v) is 18.6. The van der Waals surface area contributed by atoms with Gasteiger partial charge in [0.05, 0.1) is 13.2 Å². The van der Waals surface area contributed by atoms with Crippen LogP contribution in [0.5, 0.6) is 23.0 Å². The van der Waals surface area contributed by atoms with E-state index in [0.29, 0.717) is 11.5 Å². The molecule has 0 aliphatic carbocycles. The van der Waals surface area contributed by atoms with E-state index in [0.717, 1.165) is 4.90 Å². The lowest BCUT2D eigenvalue weighted by molar-refractivity contribution is 0.256. The van der Waals surface area contributed by atoms with Crippen LogP contribution in [-0.2, 0) is 22.6 Å². The van der Waals surface area contributed by atoms with Crippen LogP contribution in [0.3, 0.4) is 0 Å². The normalized spacial score (nSPS) is 15.9. The maximum absolute atomic E-state index is 9.66. The number of aromatic hydroxyl groups is 2. The van der Waals surface area contributed by atoms with Gasteiger partial charge in [0.2, 0.25) is 6.63 Å². The summed E-state index contributed by atoms with van der Waals surface area (Å²) < 4.78 is 53.1. The Morgan fingerprint density at radius 3 is 1.74 bits per heavy atom. The van der Waals surface area contributed by atoms with E-state index in [2.05, 4.69) is 13.5 Å². The lowest BCUT2D eigenvalue weighted by Gasteiger charge is -2.24. The number of hydrogen-bond acceptors (Lipinski definition) is 12. The average molecular weight is 711 g/mol. The molecule has 43 heavy (non-hydrogen) atoms. The molecule has 0 bridgehead atoms. The van der Waals surface area contributed by atoms with Gasteiger partial charge in [-0.25, -0.2) is 10.0 Å². The van der Waals surface area contributed by atoms with Crippen molar-refractivity contribution in [2.24, 2.45) is 24.6 Å². The molecule has 0 aliphatic heterocycles. The lowest BCUT2D eigenvalue weighted by atomic mass is 10.3. The molecule has 0 amide bonds. The number of nitrogens with zero attached hydrogens (tertiary/aromatic N) is 3. The van der Waals surface area contributed by atoms with Gasteiger partial charge in [0.1, 0.15) is 40.9 Å². The molecule has 5 atom stereocenters. The van der Waals surface area contributed by atoms with E-state index in [1.54, 1.807) is 0 Å². The van der Waals surface area contributed by atoms with Gasteiger partial charge in [0.15, 0.2) is 0 Å². The second-order valence-electron chi connectivity index (χ2n) is 7.91. The molecule has 0 aromatic heterocycles. The summed E-state index contributed by atoms with van der Waals surface area (Å²) in [6.45, 7) is -2.18. The molecule has 6 N–H and O–H groups in total. The smallest absolute Gasteiger partial charge is 0.399 e. The van der Waals surface area contributed by atoms with Gasteiger partial charge in [-0.3, -0.25) is 5.50 Å². The zero-order valence-corrected chi connectivity index (χ0v) is 28.9. The molecule has 0 heterocycles. The molecule has 14 nitrogen and oxygen atoms in total. The summed E-state index contributed by atoms with van der Waals surface area (Å²) >= 11 is 1.37. The highest BCUT2D eigenvalue weighted by Gasteiger charge is 2.30. The summed E-state index contributed by atoms with van der Waals surface area (Å²) in [6.07, 6.45) is 0. The van der Waals surface area contributed by atoms with Gasteiger partial charge in [-0.1, -0.05) is 18.2 Å². The number of phenolic OH excluding ortho intramolecular Hbond substituents is 2. The highest BCUT2D eigenvalue weighted by Crippen LogP contribution is 2.64. The van der Waals surface area contributed by atoms with Crippen LogP contribution < -0.4 is 20.1 Å². The minimum Gasteiger partial charge on any atom is -0.508 e. The quantitative estimate of drug-likeness (QED) is 0.0778. The van der Waals surface area contributed by atoms with Crippen molar-refractivity contribution in [3.8, 4) is 23.0 Å². The Morgan fingerprint density at radius 1 is 0.698 bits per heavy atom. The van der Waals surface area contributed by atoms with Crippen LogP contribution >= 0.6 is 51.3 Å².